The number of sulfonamides is 1. The molecular formula is C30H40N4O6S. The van der Waals surface area contributed by atoms with Crippen molar-refractivity contribution in [1.29, 1.82) is 0 Å². The lowest BCUT2D eigenvalue weighted by Crippen LogP contribution is -2.54. The summed E-state index contributed by atoms with van der Waals surface area (Å²) in [4.78, 5) is 33.3. The van der Waals surface area contributed by atoms with Crippen molar-refractivity contribution in [3.05, 3.63) is 43.1 Å². The molecule has 2 heterocycles. The standard InChI is InChI=1S/C30H40N4O6S/c1-6-19-15-30(19,18-32-41(37,38)22-8-9-22)33-28(36)25-14-21(17-34(25)27(35)16-29(2,3)4)40-26-11-12-31-24-13-20(39-5)7-10-23(24)26/h6-7,10-13,19,21-22,25,32H,1,8-9,14-18H2,2-5H3,(H,33,36). The maximum Gasteiger partial charge on any atom is 0.243 e. The second-order valence-corrected chi connectivity index (χ2v) is 14.8. The Morgan fingerprint density at radius 3 is 2.63 bits per heavy atom. The zero-order valence-corrected chi connectivity index (χ0v) is 25.0. The highest BCUT2D eigenvalue weighted by molar-refractivity contribution is 7.90. The Kier molecular flexibility index (Phi) is 7.80. The maximum absolute atomic E-state index is 13.8. The van der Waals surface area contributed by atoms with Gasteiger partial charge in [-0.05, 0) is 42.9 Å². The molecule has 2 aromatic rings. The number of ether oxygens (including phenoxy) is 2. The van der Waals surface area contributed by atoms with Crippen molar-refractivity contribution in [2.24, 2.45) is 11.3 Å². The number of carbonyl (C=O) groups excluding carboxylic acids is 2. The number of rotatable bonds is 11. The van der Waals surface area contributed by atoms with Gasteiger partial charge in [-0.15, -0.1) is 6.58 Å². The fraction of sp³-hybridized carbons (Fsp3) is 0.567. The highest BCUT2D eigenvalue weighted by Crippen LogP contribution is 2.45. The number of nitrogens with one attached hydrogen (secondary N) is 2. The molecule has 0 radical (unpaired) electrons. The van der Waals surface area contributed by atoms with Crippen molar-refractivity contribution in [3.63, 3.8) is 0 Å². The fourth-order valence-corrected chi connectivity index (χ4v) is 7.01. The van der Waals surface area contributed by atoms with Crippen LogP contribution < -0.4 is 19.5 Å². The molecule has 2 amide bonds. The number of pyridine rings is 1. The van der Waals surface area contributed by atoms with E-state index < -0.39 is 27.7 Å². The monoisotopic (exact) mass is 584 g/mol. The predicted octanol–water partition coefficient (Wildman–Crippen LogP) is 3.17. The summed E-state index contributed by atoms with van der Waals surface area (Å²) in [5.41, 5.74) is -0.294. The summed E-state index contributed by atoms with van der Waals surface area (Å²) in [5.74, 6) is 0.822. The summed E-state index contributed by atoms with van der Waals surface area (Å²) in [6.07, 6.45) is 5.49. The molecule has 4 atom stereocenters. The maximum atomic E-state index is 13.8. The Hall–Kier alpha value is -3.18. The van der Waals surface area contributed by atoms with Crippen LogP contribution >= 0.6 is 0 Å². The summed E-state index contributed by atoms with van der Waals surface area (Å²) < 4.78 is 39.4. The largest absolute Gasteiger partial charge is 0.497 e. The smallest absolute Gasteiger partial charge is 0.243 e. The van der Waals surface area contributed by atoms with Crippen LogP contribution in [0.2, 0.25) is 0 Å². The van der Waals surface area contributed by atoms with Crippen molar-refractivity contribution >= 4 is 32.7 Å². The van der Waals surface area contributed by atoms with Gasteiger partial charge in [-0.1, -0.05) is 26.8 Å². The number of hydrogen-bond donors (Lipinski definition) is 2. The Morgan fingerprint density at radius 1 is 1.24 bits per heavy atom. The van der Waals surface area contributed by atoms with Crippen molar-refractivity contribution in [3.8, 4) is 11.5 Å². The van der Waals surface area contributed by atoms with Crippen LogP contribution in [0.25, 0.3) is 10.9 Å². The van der Waals surface area contributed by atoms with E-state index in [0.29, 0.717) is 37.2 Å². The number of amides is 2. The third-order valence-electron chi connectivity index (χ3n) is 8.11. The number of methoxy groups -OCH3 is 1. The predicted molar refractivity (Wildman–Crippen MR) is 156 cm³/mol. The number of benzene rings is 1. The zero-order valence-electron chi connectivity index (χ0n) is 24.2. The van der Waals surface area contributed by atoms with Gasteiger partial charge in [-0.2, -0.15) is 0 Å². The van der Waals surface area contributed by atoms with E-state index in [1.165, 1.54) is 0 Å². The first-order valence-corrected chi connectivity index (χ1v) is 15.7. The van der Waals surface area contributed by atoms with Gasteiger partial charge in [-0.3, -0.25) is 14.6 Å². The van der Waals surface area contributed by atoms with Crippen LogP contribution in [0.15, 0.2) is 43.1 Å². The number of likely N-dealkylation sites (tertiary alicyclic amines) is 1. The second-order valence-electron chi connectivity index (χ2n) is 12.7. The molecule has 222 valence electrons. The van der Waals surface area contributed by atoms with Gasteiger partial charge in [0, 0.05) is 43.0 Å². The van der Waals surface area contributed by atoms with Crippen LogP contribution in [-0.2, 0) is 19.6 Å². The van der Waals surface area contributed by atoms with Crippen molar-refractivity contribution in [2.45, 2.75) is 75.8 Å². The minimum Gasteiger partial charge on any atom is -0.497 e. The molecule has 41 heavy (non-hydrogen) atoms. The molecule has 0 spiro atoms. The number of carbonyl (C=O) groups is 2. The van der Waals surface area contributed by atoms with E-state index in [9.17, 15) is 18.0 Å². The van der Waals surface area contributed by atoms with Crippen LogP contribution in [0, 0.1) is 11.3 Å². The highest BCUT2D eigenvalue weighted by Gasteiger charge is 2.56. The van der Waals surface area contributed by atoms with Crippen LogP contribution in [0.4, 0.5) is 0 Å². The topological polar surface area (TPSA) is 127 Å². The molecule has 3 fully saturated rings. The summed E-state index contributed by atoms with van der Waals surface area (Å²) in [5, 5.41) is 3.57. The molecular weight excluding hydrogens is 544 g/mol. The third-order valence-corrected chi connectivity index (χ3v) is 10.0. The van der Waals surface area contributed by atoms with Gasteiger partial charge in [0.1, 0.15) is 23.6 Å². The normalized spacial score (nSPS) is 26.0. The molecule has 11 heteroatoms. The van der Waals surface area contributed by atoms with Crippen LogP contribution in [-0.4, -0.2) is 73.3 Å². The van der Waals surface area contributed by atoms with E-state index in [0.717, 1.165) is 10.9 Å². The molecule has 2 saturated carbocycles. The van der Waals surface area contributed by atoms with E-state index in [4.69, 9.17) is 9.47 Å². The SMILES string of the molecule is C=CC1CC1(CNS(=O)(=O)C1CC1)NC(=O)C1CC(Oc2ccnc3cc(OC)ccc23)CN1C(=O)CC(C)(C)C. The molecule has 10 nitrogen and oxygen atoms in total. The van der Waals surface area contributed by atoms with E-state index in [-0.39, 0.29) is 47.9 Å². The van der Waals surface area contributed by atoms with E-state index >= 15 is 0 Å². The number of fused-ring (bicyclic) bond motifs is 1. The van der Waals surface area contributed by atoms with Crippen molar-refractivity contribution < 1.29 is 27.5 Å². The Balaban J connectivity index is 1.34. The molecule has 2 aliphatic carbocycles. The zero-order chi connectivity index (χ0) is 29.6. The van der Waals surface area contributed by atoms with Crippen molar-refractivity contribution in [1.82, 2.24) is 19.9 Å². The summed E-state index contributed by atoms with van der Waals surface area (Å²) in [7, 11) is -1.81. The van der Waals surface area contributed by atoms with E-state index in [2.05, 4.69) is 21.6 Å². The van der Waals surface area contributed by atoms with Crippen LogP contribution in [0.3, 0.4) is 0 Å². The number of nitrogens with zero attached hydrogens (tertiary/aromatic N) is 2. The Morgan fingerprint density at radius 2 is 2.00 bits per heavy atom. The molecule has 4 unspecified atom stereocenters. The van der Waals surface area contributed by atoms with Crippen molar-refractivity contribution in [2.75, 3.05) is 20.2 Å². The Labute approximate surface area is 241 Å². The molecule has 1 aliphatic heterocycles. The molecule has 3 aliphatic rings. The lowest BCUT2D eigenvalue weighted by molar-refractivity contribution is -0.140. The minimum atomic E-state index is -3.41. The molecule has 1 saturated heterocycles. The average Bonchev–Trinajstić information content (AvgIpc) is 3.84. The minimum absolute atomic E-state index is 0.0549. The molecule has 1 aromatic carbocycles. The van der Waals surface area contributed by atoms with Gasteiger partial charge in [0.2, 0.25) is 21.8 Å². The first-order chi connectivity index (χ1) is 19.3. The summed E-state index contributed by atoms with van der Waals surface area (Å²) in [6.45, 7) is 10.2. The lowest BCUT2D eigenvalue weighted by Gasteiger charge is -2.29. The first kappa shape index (κ1) is 29.3. The van der Waals surface area contributed by atoms with Crippen LogP contribution in [0.1, 0.15) is 52.9 Å². The lowest BCUT2D eigenvalue weighted by atomic mass is 9.91. The number of aromatic nitrogens is 1. The highest BCUT2D eigenvalue weighted by atomic mass is 32.2. The summed E-state index contributed by atoms with van der Waals surface area (Å²) >= 11 is 0. The molecule has 2 N–H and O–H groups in total. The van der Waals surface area contributed by atoms with Gasteiger partial charge >= 0.3 is 0 Å². The van der Waals surface area contributed by atoms with E-state index in [1.54, 1.807) is 30.3 Å². The number of hydrogen-bond acceptors (Lipinski definition) is 7. The van der Waals surface area contributed by atoms with Gasteiger partial charge in [0.15, 0.2) is 0 Å². The molecule has 1 aromatic heterocycles. The van der Waals surface area contributed by atoms with E-state index in [1.807, 2.05) is 39.0 Å². The molecule has 5 rings (SSSR count). The van der Waals surface area contributed by atoms with Crippen LogP contribution in [0.5, 0.6) is 11.5 Å². The van der Waals surface area contributed by atoms with Gasteiger partial charge in [-0.25, -0.2) is 13.1 Å². The average molecular weight is 585 g/mol. The van der Waals surface area contributed by atoms with Gasteiger partial charge in [0.25, 0.3) is 0 Å². The first-order valence-electron chi connectivity index (χ1n) is 14.2. The fourth-order valence-electron chi connectivity index (χ4n) is 5.56. The third kappa shape index (κ3) is 6.51. The summed E-state index contributed by atoms with van der Waals surface area (Å²) in [6, 6.07) is 6.58. The van der Waals surface area contributed by atoms with Gasteiger partial charge < -0.3 is 19.7 Å². The quantitative estimate of drug-likeness (QED) is 0.389. The van der Waals surface area contributed by atoms with Gasteiger partial charge in [0.05, 0.1) is 30.0 Å². The molecule has 0 bridgehead atoms. The second kappa shape index (κ2) is 10.9. The Bertz CT molecular complexity index is 1450.